The summed E-state index contributed by atoms with van der Waals surface area (Å²) in [6, 6.07) is 3.29. The number of alkyl halides is 3. The summed E-state index contributed by atoms with van der Waals surface area (Å²) < 4.78 is 49.1. The van der Waals surface area contributed by atoms with E-state index in [-0.39, 0.29) is 17.9 Å². The lowest BCUT2D eigenvalue weighted by Crippen LogP contribution is -2.27. The van der Waals surface area contributed by atoms with Gasteiger partial charge >= 0.3 is 17.8 Å². The molecule has 0 fully saturated rings. The Morgan fingerprint density at radius 2 is 2.03 bits per heavy atom. The molecule has 0 aliphatic rings. The van der Waals surface area contributed by atoms with Crippen molar-refractivity contribution < 1.29 is 32.4 Å². The number of hydrogen-bond donors (Lipinski definition) is 0. The van der Waals surface area contributed by atoms with E-state index < -0.39 is 46.3 Å². The number of ether oxygens (including phenoxy) is 2. The van der Waals surface area contributed by atoms with Gasteiger partial charge in [0.05, 0.1) is 17.7 Å². The molecule has 0 unspecified atom stereocenters. The molecule has 0 amide bonds. The van der Waals surface area contributed by atoms with Crippen molar-refractivity contribution in [3.05, 3.63) is 50.6 Å². The second-order valence-corrected chi connectivity index (χ2v) is 6.16. The molecule has 1 aromatic carbocycles. The maximum absolute atomic E-state index is 12.9. The number of halogens is 3. The van der Waals surface area contributed by atoms with E-state index in [2.05, 4.69) is 4.98 Å². The highest BCUT2D eigenvalue weighted by Crippen LogP contribution is 2.32. The van der Waals surface area contributed by atoms with E-state index >= 15 is 0 Å². The molecule has 1 aromatic heterocycles. The molecule has 0 bridgehead atoms. The highest BCUT2D eigenvalue weighted by Gasteiger charge is 2.34. The molecule has 0 aliphatic carbocycles. The maximum atomic E-state index is 12.9. The van der Waals surface area contributed by atoms with Crippen LogP contribution in [0, 0.1) is 10.1 Å². The molecule has 0 aliphatic heterocycles. The number of benzene rings is 1. The quantitative estimate of drug-likeness (QED) is 0.274. The van der Waals surface area contributed by atoms with Crippen LogP contribution in [0.15, 0.2) is 29.2 Å². The number of unbranched alkanes of at least 4 members (excludes halogenated alkanes) is 1. The summed E-state index contributed by atoms with van der Waals surface area (Å²) in [5, 5.41) is 11.4. The van der Waals surface area contributed by atoms with Gasteiger partial charge in [-0.1, -0.05) is 13.3 Å². The molecule has 162 valence electrons. The Morgan fingerprint density at radius 1 is 1.33 bits per heavy atom. The van der Waals surface area contributed by atoms with Crippen molar-refractivity contribution in [2.45, 2.75) is 25.9 Å². The molecule has 2 aromatic rings. The first-order chi connectivity index (χ1) is 14.1. The van der Waals surface area contributed by atoms with Crippen molar-refractivity contribution in [3.63, 3.8) is 0 Å². The van der Waals surface area contributed by atoms with Gasteiger partial charge in [-0.25, -0.2) is 9.78 Å². The van der Waals surface area contributed by atoms with E-state index in [1.54, 1.807) is 0 Å². The summed E-state index contributed by atoms with van der Waals surface area (Å²) in [6.45, 7) is 1.54. The number of rotatable bonds is 8. The van der Waals surface area contributed by atoms with Crippen LogP contribution in [0.2, 0.25) is 0 Å². The number of hydrogen-bond acceptors (Lipinski definition) is 7. The normalized spacial score (nSPS) is 11.2. The molecule has 0 saturated carbocycles. The SMILES string of the molecule is CCCCOC(=O)COc1ccc(-c2ncc(C(F)(F)F)n(C)c2=O)cc1[N+](=O)[O-]. The topological polar surface area (TPSA) is 114 Å². The minimum absolute atomic E-state index is 0.0751. The lowest BCUT2D eigenvalue weighted by atomic mass is 10.1. The van der Waals surface area contributed by atoms with Crippen molar-refractivity contribution in [2.75, 3.05) is 13.2 Å². The van der Waals surface area contributed by atoms with Crippen LogP contribution in [0.25, 0.3) is 11.3 Å². The monoisotopic (exact) mass is 429 g/mol. The molecule has 1 heterocycles. The Balaban J connectivity index is 2.32. The van der Waals surface area contributed by atoms with Gasteiger partial charge in [-0.05, 0) is 18.6 Å². The van der Waals surface area contributed by atoms with Crippen molar-refractivity contribution in [1.29, 1.82) is 0 Å². The summed E-state index contributed by atoms with van der Waals surface area (Å²) in [7, 11) is 0.923. The summed E-state index contributed by atoms with van der Waals surface area (Å²) in [4.78, 5) is 38.0. The highest BCUT2D eigenvalue weighted by molar-refractivity contribution is 5.72. The Labute approximate surface area is 168 Å². The summed E-state index contributed by atoms with van der Waals surface area (Å²) in [6.07, 6.45) is -2.83. The summed E-state index contributed by atoms with van der Waals surface area (Å²) >= 11 is 0. The van der Waals surface area contributed by atoms with E-state index in [9.17, 15) is 32.9 Å². The Morgan fingerprint density at radius 3 is 2.63 bits per heavy atom. The predicted octanol–water partition coefficient (Wildman–Crippen LogP) is 3.10. The van der Waals surface area contributed by atoms with Crippen LogP contribution in [-0.4, -0.2) is 33.7 Å². The minimum atomic E-state index is -4.78. The van der Waals surface area contributed by atoms with Crippen molar-refractivity contribution in [3.8, 4) is 17.0 Å². The second kappa shape index (κ2) is 9.37. The molecular formula is C18H18F3N3O6. The van der Waals surface area contributed by atoms with Crippen LogP contribution >= 0.6 is 0 Å². The van der Waals surface area contributed by atoms with Gasteiger partial charge < -0.3 is 14.0 Å². The standard InChI is InChI=1S/C18H18F3N3O6/c1-3-4-7-29-15(25)10-30-13-6-5-11(8-12(13)24(27)28)16-17(26)23(2)14(9-22-16)18(19,20)21/h5-6,8-9H,3-4,7,10H2,1-2H3. The van der Waals surface area contributed by atoms with Crippen LogP contribution in [0.4, 0.5) is 18.9 Å². The first-order valence-electron chi connectivity index (χ1n) is 8.76. The molecule has 2 rings (SSSR count). The van der Waals surface area contributed by atoms with Crippen LogP contribution in [0.5, 0.6) is 5.75 Å². The Kier molecular flexibility index (Phi) is 7.14. The van der Waals surface area contributed by atoms with Crippen LogP contribution in [0.1, 0.15) is 25.5 Å². The maximum Gasteiger partial charge on any atom is 0.433 e. The fraction of sp³-hybridized carbons (Fsp3) is 0.389. The molecule has 12 heteroatoms. The van der Waals surface area contributed by atoms with Gasteiger partial charge in [0.1, 0.15) is 11.4 Å². The number of nitro groups is 1. The van der Waals surface area contributed by atoms with E-state index in [1.165, 1.54) is 6.07 Å². The third-order valence-corrected chi connectivity index (χ3v) is 4.01. The van der Waals surface area contributed by atoms with Crippen molar-refractivity contribution in [1.82, 2.24) is 9.55 Å². The number of nitro benzene ring substituents is 1. The van der Waals surface area contributed by atoms with Gasteiger partial charge in [0.15, 0.2) is 12.4 Å². The third-order valence-electron chi connectivity index (χ3n) is 4.01. The van der Waals surface area contributed by atoms with E-state index in [0.29, 0.717) is 17.2 Å². The molecule has 30 heavy (non-hydrogen) atoms. The van der Waals surface area contributed by atoms with Gasteiger partial charge in [-0.15, -0.1) is 0 Å². The number of carbonyl (C=O) groups excluding carboxylic acids is 1. The number of esters is 1. The fourth-order valence-corrected chi connectivity index (χ4v) is 2.44. The number of nitrogens with zero attached hydrogens (tertiary/aromatic N) is 3. The lowest BCUT2D eigenvalue weighted by Gasteiger charge is -2.12. The minimum Gasteiger partial charge on any atom is -0.475 e. The van der Waals surface area contributed by atoms with Gasteiger partial charge in [-0.3, -0.25) is 14.9 Å². The van der Waals surface area contributed by atoms with Crippen molar-refractivity contribution >= 4 is 11.7 Å². The molecule has 9 nitrogen and oxygen atoms in total. The van der Waals surface area contributed by atoms with Gasteiger partial charge in [0, 0.05) is 18.7 Å². The van der Waals surface area contributed by atoms with Crippen LogP contribution in [-0.2, 0) is 22.8 Å². The predicted molar refractivity (Wildman–Crippen MR) is 97.9 cm³/mol. The first-order valence-corrected chi connectivity index (χ1v) is 8.76. The van der Waals surface area contributed by atoms with Gasteiger partial charge in [0.2, 0.25) is 0 Å². The average molecular weight is 429 g/mol. The summed E-state index contributed by atoms with van der Waals surface area (Å²) in [5.74, 6) is -0.972. The van der Waals surface area contributed by atoms with Crippen LogP contribution < -0.4 is 10.3 Å². The number of carbonyl (C=O) groups is 1. The third kappa shape index (κ3) is 5.33. The molecular weight excluding hydrogens is 411 g/mol. The smallest absolute Gasteiger partial charge is 0.433 e. The zero-order valence-corrected chi connectivity index (χ0v) is 16.1. The second-order valence-electron chi connectivity index (χ2n) is 6.16. The van der Waals surface area contributed by atoms with Crippen LogP contribution in [0.3, 0.4) is 0 Å². The van der Waals surface area contributed by atoms with Crippen molar-refractivity contribution in [2.24, 2.45) is 7.05 Å². The lowest BCUT2D eigenvalue weighted by molar-refractivity contribution is -0.385. The van der Waals surface area contributed by atoms with E-state index in [1.807, 2.05) is 6.92 Å². The fourth-order valence-electron chi connectivity index (χ4n) is 2.44. The average Bonchev–Trinajstić information content (AvgIpc) is 2.67. The zero-order valence-electron chi connectivity index (χ0n) is 16.1. The summed E-state index contributed by atoms with van der Waals surface area (Å²) in [5.41, 5.74) is -3.40. The first kappa shape index (κ1) is 22.8. The zero-order chi connectivity index (χ0) is 22.5. The molecule has 0 atom stereocenters. The molecule has 0 saturated heterocycles. The molecule has 0 spiro atoms. The molecule has 0 N–H and O–H groups in total. The molecule has 0 radical (unpaired) electrons. The largest absolute Gasteiger partial charge is 0.475 e. The van der Waals surface area contributed by atoms with E-state index in [0.717, 1.165) is 25.6 Å². The number of aromatic nitrogens is 2. The Hall–Kier alpha value is -3.44. The van der Waals surface area contributed by atoms with Gasteiger partial charge in [0.25, 0.3) is 5.56 Å². The van der Waals surface area contributed by atoms with Gasteiger partial charge in [-0.2, -0.15) is 13.2 Å². The highest BCUT2D eigenvalue weighted by atomic mass is 19.4. The Bertz CT molecular complexity index is 1000. The van der Waals surface area contributed by atoms with E-state index in [4.69, 9.17) is 9.47 Å².